The van der Waals surface area contributed by atoms with E-state index >= 15 is 0 Å². The van der Waals surface area contributed by atoms with Gasteiger partial charge in [-0.3, -0.25) is 10.1 Å². The Morgan fingerprint density at radius 1 is 1.56 bits per heavy atom. The number of nitro groups is 1. The standard InChI is InChI=1S/C9H15N3O4S2/c1-3-4-5-11(2)18(15,16)8-6-7(12(13)14)9(10)17-8/h6H,3-5,10H2,1-2H3. The number of rotatable bonds is 6. The summed E-state index contributed by atoms with van der Waals surface area (Å²) in [6.07, 6.45) is 1.60. The van der Waals surface area contributed by atoms with E-state index in [1.165, 1.54) is 11.4 Å². The second-order valence-corrected chi connectivity index (χ2v) is 7.11. The van der Waals surface area contributed by atoms with Gasteiger partial charge in [0.2, 0.25) is 0 Å². The van der Waals surface area contributed by atoms with Crippen molar-refractivity contribution in [2.75, 3.05) is 19.3 Å². The number of anilines is 1. The van der Waals surface area contributed by atoms with E-state index in [0.717, 1.165) is 30.2 Å². The van der Waals surface area contributed by atoms with E-state index in [9.17, 15) is 18.5 Å². The maximum atomic E-state index is 12.1. The molecular weight excluding hydrogens is 278 g/mol. The summed E-state index contributed by atoms with van der Waals surface area (Å²) in [5.41, 5.74) is 5.07. The predicted octanol–water partition coefficient (Wildman–Crippen LogP) is 1.66. The van der Waals surface area contributed by atoms with Crippen LogP contribution in [0.2, 0.25) is 0 Å². The maximum absolute atomic E-state index is 12.1. The van der Waals surface area contributed by atoms with E-state index < -0.39 is 14.9 Å². The van der Waals surface area contributed by atoms with Crippen LogP contribution in [0, 0.1) is 10.1 Å². The van der Waals surface area contributed by atoms with Crippen molar-refractivity contribution in [2.24, 2.45) is 0 Å². The first-order valence-corrected chi connectivity index (χ1v) is 7.56. The Balaban J connectivity index is 3.05. The molecule has 2 N–H and O–H groups in total. The number of sulfonamides is 1. The summed E-state index contributed by atoms with van der Waals surface area (Å²) in [6.45, 7) is 2.33. The summed E-state index contributed by atoms with van der Waals surface area (Å²) < 4.78 is 25.3. The lowest BCUT2D eigenvalue weighted by Crippen LogP contribution is -2.27. The Kier molecular flexibility index (Phi) is 4.65. The minimum absolute atomic E-state index is 0.0923. The van der Waals surface area contributed by atoms with E-state index in [4.69, 9.17) is 5.73 Å². The molecule has 1 aromatic rings. The smallest absolute Gasteiger partial charge is 0.304 e. The topological polar surface area (TPSA) is 107 Å². The van der Waals surface area contributed by atoms with Gasteiger partial charge in [-0.15, -0.1) is 0 Å². The number of hydrogen-bond donors (Lipinski definition) is 1. The van der Waals surface area contributed by atoms with E-state index in [-0.39, 0.29) is 14.9 Å². The van der Waals surface area contributed by atoms with Gasteiger partial charge in [0.15, 0.2) is 5.00 Å². The first-order valence-electron chi connectivity index (χ1n) is 5.30. The highest BCUT2D eigenvalue weighted by Crippen LogP contribution is 2.35. The number of unbranched alkanes of at least 4 members (excludes halogenated alkanes) is 1. The van der Waals surface area contributed by atoms with Crippen molar-refractivity contribution in [2.45, 2.75) is 24.0 Å². The summed E-state index contributed by atoms with van der Waals surface area (Å²) in [4.78, 5) is 9.94. The molecule has 0 amide bonds. The number of hydrogen-bond acceptors (Lipinski definition) is 6. The average Bonchev–Trinajstić information content (AvgIpc) is 2.68. The highest BCUT2D eigenvalue weighted by Gasteiger charge is 2.27. The predicted molar refractivity (Wildman–Crippen MR) is 70.1 cm³/mol. The van der Waals surface area contributed by atoms with Crippen LogP contribution in [0.25, 0.3) is 0 Å². The summed E-state index contributed by atoms with van der Waals surface area (Å²) >= 11 is 0.718. The third kappa shape index (κ3) is 2.98. The molecule has 1 rings (SSSR count). The molecule has 102 valence electrons. The summed E-state index contributed by atoms with van der Waals surface area (Å²) in [7, 11) is -2.23. The van der Waals surface area contributed by atoms with Crippen LogP contribution in [0.15, 0.2) is 10.3 Å². The van der Waals surface area contributed by atoms with Gasteiger partial charge in [-0.2, -0.15) is 0 Å². The van der Waals surface area contributed by atoms with E-state index in [1.807, 2.05) is 6.92 Å². The molecule has 1 aromatic heterocycles. The molecule has 0 saturated carbocycles. The lowest BCUT2D eigenvalue weighted by atomic mass is 10.3. The van der Waals surface area contributed by atoms with Gasteiger partial charge in [0, 0.05) is 19.7 Å². The second-order valence-electron chi connectivity index (χ2n) is 3.75. The van der Waals surface area contributed by atoms with Crippen LogP contribution in [0.4, 0.5) is 10.7 Å². The van der Waals surface area contributed by atoms with Gasteiger partial charge < -0.3 is 5.73 Å². The fourth-order valence-corrected chi connectivity index (χ4v) is 3.93. The molecule has 0 saturated heterocycles. The first kappa shape index (κ1) is 14.9. The number of thiophene rings is 1. The minimum atomic E-state index is -3.68. The van der Waals surface area contributed by atoms with Crippen LogP contribution in [0.5, 0.6) is 0 Å². The second kappa shape index (κ2) is 5.63. The van der Waals surface area contributed by atoms with Crippen LogP contribution in [-0.2, 0) is 10.0 Å². The van der Waals surface area contributed by atoms with Gasteiger partial charge in [-0.1, -0.05) is 24.7 Å². The maximum Gasteiger partial charge on any atom is 0.304 e. The van der Waals surface area contributed by atoms with Crippen LogP contribution in [0.3, 0.4) is 0 Å². The molecule has 0 atom stereocenters. The Hall–Kier alpha value is -1.19. The van der Waals surface area contributed by atoms with Crippen LogP contribution < -0.4 is 5.73 Å². The molecule has 7 nitrogen and oxygen atoms in total. The lowest BCUT2D eigenvalue weighted by molar-refractivity contribution is -0.383. The minimum Gasteiger partial charge on any atom is -0.385 e. The molecule has 0 fully saturated rings. The van der Waals surface area contributed by atoms with Crippen molar-refractivity contribution < 1.29 is 13.3 Å². The number of nitrogen functional groups attached to an aromatic ring is 1. The van der Waals surface area contributed by atoms with E-state index in [2.05, 4.69) is 0 Å². The van der Waals surface area contributed by atoms with E-state index in [0.29, 0.717) is 6.54 Å². The highest BCUT2D eigenvalue weighted by atomic mass is 32.2. The molecule has 0 spiro atoms. The Labute approximate surface area is 109 Å². The third-order valence-electron chi connectivity index (χ3n) is 2.41. The van der Waals surface area contributed by atoms with Crippen molar-refractivity contribution in [3.05, 3.63) is 16.2 Å². The van der Waals surface area contributed by atoms with Crippen molar-refractivity contribution >= 4 is 32.0 Å². The first-order chi connectivity index (χ1) is 8.30. The molecule has 18 heavy (non-hydrogen) atoms. The third-order valence-corrected chi connectivity index (χ3v) is 5.66. The zero-order valence-electron chi connectivity index (χ0n) is 10.1. The number of nitrogens with zero attached hydrogens (tertiary/aromatic N) is 2. The van der Waals surface area contributed by atoms with Crippen molar-refractivity contribution in [1.82, 2.24) is 4.31 Å². The molecular formula is C9H15N3O4S2. The Morgan fingerprint density at radius 3 is 2.61 bits per heavy atom. The molecule has 0 aromatic carbocycles. The SMILES string of the molecule is CCCCN(C)S(=O)(=O)c1cc([N+](=O)[O-])c(N)s1. The highest BCUT2D eigenvalue weighted by molar-refractivity contribution is 7.91. The summed E-state index contributed by atoms with van der Waals surface area (Å²) in [5, 5.41) is 10.5. The fraction of sp³-hybridized carbons (Fsp3) is 0.556. The van der Waals surface area contributed by atoms with Crippen LogP contribution >= 0.6 is 11.3 Å². The van der Waals surface area contributed by atoms with Gasteiger partial charge in [0.05, 0.1) is 4.92 Å². The molecule has 0 radical (unpaired) electrons. The molecule has 0 bridgehead atoms. The monoisotopic (exact) mass is 293 g/mol. The van der Waals surface area contributed by atoms with Gasteiger partial charge in [-0.25, -0.2) is 12.7 Å². The molecule has 0 unspecified atom stereocenters. The molecule has 9 heteroatoms. The Morgan fingerprint density at radius 2 is 2.17 bits per heavy atom. The van der Waals surface area contributed by atoms with Crippen molar-refractivity contribution in [3.63, 3.8) is 0 Å². The zero-order chi connectivity index (χ0) is 13.9. The normalized spacial score (nSPS) is 11.9. The van der Waals surface area contributed by atoms with Gasteiger partial charge >= 0.3 is 5.69 Å². The molecule has 1 heterocycles. The van der Waals surface area contributed by atoms with Crippen LogP contribution in [0.1, 0.15) is 19.8 Å². The van der Waals surface area contributed by atoms with Gasteiger partial charge in [0.25, 0.3) is 10.0 Å². The quantitative estimate of drug-likeness (QED) is 0.634. The summed E-state index contributed by atoms with van der Waals surface area (Å²) in [6, 6.07) is 1.01. The Bertz CT molecular complexity index is 538. The number of nitrogens with two attached hydrogens (primary N) is 1. The van der Waals surface area contributed by atoms with E-state index in [1.54, 1.807) is 0 Å². The van der Waals surface area contributed by atoms with Crippen molar-refractivity contribution in [1.29, 1.82) is 0 Å². The lowest BCUT2D eigenvalue weighted by Gasteiger charge is -2.14. The largest absolute Gasteiger partial charge is 0.385 e. The van der Waals surface area contributed by atoms with Crippen LogP contribution in [-0.4, -0.2) is 31.2 Å². The molecule has 0 aliphatic carbocycles. The molecule has 0 aliphatic heterocycles. The zero-order valence-corrected chi connectivity index (χ0v) is 11.8. The molecule has 0 aliphatic rings. The summed E-state index contributed by atoms with van der Waals surface area (Å²) in [5.74, 6) is 0. The van der Waals surface area contributed by atoms with Crippen molar-refractivity contribution in [3.8, 4) is 0 Å². The van der Waals surface area contributed by atoms with Gasteiger partial charge in [-0.05, 0) is 6.42 Å². The van der Waals surface area contributed by atoms with Gasteiger partial charge in [0.1, 0.15) is 4.21 Å². The average molecular weight is 293 g/mol. The fourth-order valence-electron chi connectivity index (χ4n) is 1.30.